The average Bonchev–Trinajstić information content (AvgIpc) is 2.59. The summed E-state index contributed by atoms with van der Waals surface area (Å²) in [6.45, 7) is 3.78. The fourth-order valence-corrected chi connectivity index (χ4v) is 3.13. The van der Waals surface area contributed by atoms with E-state index in [1.54, 1.807) is 0 Å². The highest BCUT2D eigenvalue weighted by molar-refractivity contribution is 6.31. The molecule has 1 aliphatic heterocycles. The number of nitrogens with zero attached hydrogens (tertiary/aromatic N) is 1. The lowest BCUT2D eigenvalue weighted by Crippen LogP contribution is -2.38. The van der Waals surface area contributed by atoms with Gasteiger partial charge in [0.15, 0.2) is 0 Å². The molecular weight excluding hydrogens is 308 g/mol. The van der Waals surface area contributed by atoms with Gasteiger partial charge in [-0.3, -0.25) is 4.79 Å². The summed E-state index contributed by atoms with van der Waals surface area (Å²) >= 11 is 6.11. The van der Waals surface area contributed by atoms with Gasteiger partial charge in [-0.05, 0) is 49.6 Å². The number of hydrogen-bond donors (Lipinski definition) is 1. The van der Waals surface area contributed by atoms with Crippen molar-refractivity contribution in [3.63, 3.8) is 0 Å². The second kappa shape index (κ2) is 7.05. The van der Waals surface area contributed by atoms with Gasteiger partial charge in [0.05, 0.1) is 0 Å². The number of halogens is 1. The molecule has 0 saturated carbocycles. The molecule has 0 spiro atoms. The van der Waals surface area contributed by atoms with Gasteiger partial charge in [-0.2, -0.15) is 0 Å². The lowest BCUT2D eigenvalue weighted by Gasteiger charge is -2.33. The minimum absolute atomic E-state index is 0.0649. The van der Waals surface area contributed by atoms with Crippen LogP contribution in [-0.4, -0.2) is 19.0 Å². The third-order valence-corrected chi connectivity index (χ3v) is 4.83. The third-order valence-electron chi connectivity index (χ3n) is 4.43. The highest BCUT2D eigenvalue weighted by Crippen LogP contribution is 2.25. The normalized spacial score (nSPS) is 15.5. The van der Waals surface area contributed by atoms with Crippen molar-refractivity contribution in [2.75, 3.05) is 23.3 Å². The number of aryl methyl sites for hydroxylation is 1. The Kier molecular flexibility index (Phi) is 4.87. The first-order valence-corrected chi connectivity index (χ1v) is 8.38. The van der Waals surface area contributed by atoms with Crippen LogP contribution in [-0.2, 0) is 4.79 Å². The first kappa shape index (κ1) is 15.9. The van der Waals surface area contributed by atoms with E-state index in [2.05, 4.69) is 34.5 Å². The number of carbonyl (C=O) groups is 1. The molecule has 0 unspecified atom stereocenters. The number of piperidine rings is 1. The topological polar surface area (TPSA) is 32.3 Å². The lowest BCUT2D eigenvalue weighted by atomic mass is 9.95. The van der Waals surface area contributed by atoms with E-state index in [-0.39, 0.29) is 11.8 Å². The van der Waals surface area contributed by atoms with Gasteiger partial charge >= 0.3 is 0 Å². The zero-order chi connectivity index (χ0) is 16.2. The van der Waals surface area contributed by atoms with Crippen molar-refractivity contribution in [1.29, 1.82) is 0 Å². The Hall–Kier alpha value is -2.00. The molecule has 1 amide bonds. The predicted octanol–water partition coefficient (Wildman–Crippen LogP) is 4.50. The summed E-state index contributed by atoms with van der Waals surface area (Å²) < 4.78 is 0. The maximum absolute atomic E-state index is 12.4. The molecule has 23 heavy (non-hydrogen) atoms. The van der Waals surface area contributed by atoms with E-state index < -0.39 is 0 Å². The summed E-state index contributed by atoms with van der Waals surface area (Å²) in [5.41, 5.74) is 3.02. The fourth-order valence-electron chi connectivity index (χ4n) is 2.95. The molecule has 0 bridgehead atoms. The monoisotopic (exact) mass is 328 g/mol. The largest absolute Gasteiger partial charge is 0.371 e. The fraction of sp³-hybridized carbons (Fsp3) is 0.316. The van der Waals surface area contributed by atoms with Gasteiger partial charge in [0, 0.05) is 35.4 Å². The predicted molar refractivity (Wildman–Crippen MR) is 96.2 cm³/mol. The van der Waals surface area contributed by atoms with Crippen LogP contribution in [0.25, 0.3) is 0 Å². The Bertz CT molecular complexity index is 679. The summed E-state index contributed by atoms with van der Waals surface area (Å²) in [6.07, 6.45) is 1.75. The highest BCUT2D eigenvalue weighted by Gasteiger charge is 2.25. The minimum atomic E-state index is 0.0649. The maximum atomic E-state index is 12.4. The summed E-state index contributed by atoms with van der Waals surface area (Å²) in [5.74, 6) is 0.160. The van der Waals surface area contributed by atoms with Crippen LogP contribution in [0.15, 0.2) is 48.5 Å². The molecule has 1 fully saturated rings. The zero-order valence-electron chi connectivity index (χ0n) is 13.3. The van der Waals surface area contributed by atoms with E-state index in [0.717, 1.165) is 37.2 Å². The van der Waals surface area contributed by atoms with E-state index in [0.29, 0.717) is 5.02 Å². The van der Waals surface area contributed by atoms with Gasteiger partial charge in [0.2, 0.25) is 5.91 Å². The van der Waals surface area contributed by atoms with Crippen LogP contribution in [0.4, 0.5) is 11.4 Å². The molecule has 2 aromatic carbocycles. The van der Waals surface area contributed by atoms with Crippen LogP contribution in [0.1, 0.15) is 18.4 Å². The van der Waals surface area contributed by atoms with E-state index in [1.165, 1.54) is 5.69 Å². The third kappa shape index (κ3) is 3.85. The van der Waals surface area contributed by atoms with E-state index in [1.807, 2.05) is 31.2 Å². The number of para-hydroxylation sites is 1. The SMILES string of the molecule is Cc1ccc(NC(=O)C2CCN(c3ccccc3)CC2)cc1Cl. The molecule has 3 nitrogen and oxygen atoms in total. The standard InChI is InChI=1S/C19H21ClN2O/c1-14-7-8-16(13-18(14)20)21-19(23)15-9-11-22(12-10-15)17-5-3-2-4-6-17/h2-8,13,15H,9-12H2,1H3,(H,21,23). The summed E-state index contributed by atoms with van der Waals surface area (Å²) in [4.78, 5) is 14.8. The Labute approximate surface area is 142 Å². The minimum Gasteiger partial charge on any atom is -0.371 e. The number of carbonyl (C=O) groups excluding carboxylic acids is 1. The second-order valence-electron chi connectivity index (χ2n) is 6.05. The summed E-state index contributed by atoms with van der Waals surface area (Å²) in [6, 6.07) is 16.0. The van der Waals surface area contributed by atoms with Gasteiger partial charge in [0.1, 0.15) is 0 Å². The van der Waals surface area contributed by atoms with Crippen LogP contribution >= 0.6 is 11.6 Å². The molecular formula is C19H21ClN2O. The van der Waals surface area contributed by atoms with Crippen LogP contribution in [0.3, 0.4) is 0 Å². The van der Waals surface area contributed by atoms with Crippen molar-refractivity contribution in [1.82, 2.24) is 0 Å². The molecule has 0 radical (unpaired) electrons. The highest BCUT2D eigenvalue weighted by atomic mass is 35.5. The molecule has 1 heterocycles. The molecule has 0 aromatic heterocycles. The Morgan fingerprint density at radius 3 is 2.48 bits per heavy atom. The average molecular weight is 329 g/mol. The van der Waals surface area contributed by atoms with Gasteiger partial charge < -0.3 is 10.2 Å². The number of benzene rings is 2. The van der Waals surface area contributed by atoms with Crippen molar-refractivity contribution in [3.05, 3.63) is 59.1 Å². The van der Waals surface area contributed by atoms with Crippen LogP contribution in [0, 0.1) is 12.8 Å². The van der Waals surface area contributed by atoms with Crippen molar-refractivity contribution >= 4 is 28.9 Å². The number of amides is 1. The Morgan fingerprint density at radius 1 is 1.13 bits per heavy atom. The Morgan fingerprint density at radius 2 is 1.83 bits per heavy atom. The van der Waals surface area contributed by atoms with Gasteiger partial charge in [-0.25, -0.2) is 0 Å². The molecule has 120 valence electrons. The number of hydrogen-bond acceptors (Lipinski definition) is 2. The molecule has 4 heteroatoms. The summed E-state index contributed by atoms with van der Waals surface area (Å²) in [7, 11) is 0. The number of rotatable bonds is 3. The molecule has 0 atom stereocenters. The van der Waals surface area contributed by atoms with Gasteiger partial charge in [-0.1, -0.05) is 35.9 Å². The van der Waals surface area contributed by atoms with Gasteiger partial charge in [0.25, 0.3) is 0 Å². The molecule has 2 aromatic rings. The molecule has 3 rings (SSSR count). The molecule has 1 saturated heterocycles. The van der Waals surface area contributed by atoms with E-state index in [4.69, 9.17) is 11.6 Å². The molecule has 1 N–H and O–H groups in total. The maximum Gasteiger partial charge on any atom is 0.227 e. The number of anilines is 2. The first-order valence-electron chi connectivity index (χ1n) is 8.00. The van der Waals surface area contributed by atoms with Crippen molar-refractivity contribution in [2.24, 2.45) is 5.92 Å². The van der Waals surface area contributed by atoms with E-state index in [9.17, 15) is 4.79 Å². The van der Waals surface area contributed by atoms with Crippen LogP contribution < -0.4 is 10.2 Å². The van der Waals surface area contributed by atoms with Crippen molar-refractivity contribution < 1.29 is 4.79 Å². The van der Waals surface area contributed by atoms with Crippen LogP contribution in [0.5, 0.6) is 0 Å². The Balaban J connectivity index is 1.57. The quantitative estimate of drug-likeness (QED) is 0.899. The smallest absolute Gasteiger partial charge is 0.227 e. The molecule has 0 aliphatic carbocycles. The lowest BCUT2D eigenvalue weighted by molar-refractivity contribution is -0.120. The van der Waals surface area contributed by atoms with Gasteiger partial charge in [-0.15, -0.1) is 0 Å². The van der Waals surface area contributed by atoms with Crippen molar-refractivity contribution in [2.45, 2.75) is 19.8 Å². The van der Waals surface area contributed by atoms with Crippen LogP contribution in [0.2, 0.25) is 5.02 Å². The first-order chi connectivity index (χ1) is 11.1. The van der Waals surface area contributed by atoms with E-state index >= 15 is 0 Å². The zero-order valence-corrected chi connectivity index (χ0v) is 14.0. The summed E-state index contributed by atoms with van der Waals surface area (Å²) in [5, 5.41) is 3.67. The number of nitrogens with one attached hydrogen (secondary N) is 1. The second-order valence-corrected chi connectivity index (χ2v) is 6.46. The molecule has 1 aliphatic rings. The van der Waals surface area contributed by atoms with Crippen molar-refractivity contribution in [3.8, 4) is 0 Å².